The molecule has 3 heterocycles. The molecule has 50 heavy (non-hydrogen) atoms. The molecule has 0 bridgehead atoms. The Hall–Kier alpha value is -4.88. The van der Waals surface area contributed by atoms with Crippen LogP contribution in [0.4, 0.5) is 18.9 Å². The third kappa shape index (κ3) is 4.45. The zero-order valence-electron chi connectivity index (χ0n) is 25.8. The molecular formula is C35H24Cl2F3N3O7. The maximum absolute atomic E-state index is 14.3. The van der Waals surface area contributed by atoms with Crippen LogP contribution >= 0.6 is 23.2 Å². The third-order valence-corrected chi connectivity index (χ3v) is 11.6. The Morgan fingerprint density at radius 1 is 0.960 bits per heavy atom. The van der Waals surface area contributed by atoms with Crippen LogP contribution in [-0.2, 0) is 19.2 Å². The molecule has 8 rings (SSSR count). The molecule has 10 nitrogen and oxygen atoms in total. The average Bonchev–Trinajstić information content (AvgIpc) is 3.66. The van der Waals surface area contributed by atoms with E-state index in [4.69, 9.17) is 27.6 Å². The monoisotopic (exact) mass is 725 g/mol. The summed E-state index contributed by atoms with van der Waals surface area (Å²) >= 11 is 14.2. The molecule has 2 saturated heterocycles. The Morgan fingerprint density at radius 2 is 1.68 bits per heavy atom. The molecule has 15 heteroatoms. The number of phenolic OH excluding ortho intramolecular Hbond substituents is 1. The number of ether oxygens (including phenoxy) is 1. The number of amides is 4. The summed E-state index contributed by atoms with van der Waals surface area (Å²) in [4.78, 5) is 57.4. The largest absolute Gasteiger partial charge is 0.573 e. The molecule has 2 aliphatic carbocycles. The zero-order chi connectivity index (χ0) is 35.5. The van der Waals surface area contributed by atoms with E-state index in [0.717, 1.165) is 28.0 Å². The first-order chi connectivity index (χ1) is 23.6. The lowest BCUT2D eigenvalue weighted by Crippen LogP contribution is -2.60. The number of fused-ring (bicyclic) bond motifs is 5. The number of aromatic hydroxyl groups is 1. The van der Waals surface area contributed by atoms with Crippen LogP contribution in [0.5, 0.6) is 11.5 Å². The van der Waals surface area contributed by atoms with Crippen LogP contribution < -0.4 is 9.64 Å². The number of rotatable bonds is 4. The van der Waals surface area contributed by atoms with E-state index in [1.54, 1.807) is 42.5 Å². The quantitative estimate of drug-likeness (QED) is 0.148. The molecule has 0 spiro atoms. The fourth-order valence-corrected chi connectivity index (χ4v) is 9.06. The Morgan fingerprint density at radius 3 is 2.38 bits per heavy atom. The lowest BCUT2D eigenvalue weighted by molar-refractivity contribution is -0.274. The lowest BCUT2D eigenvalue weighted by atomic mass is 9.56. The summed E-state index contributed by atoms with van der Waals surface area (Å²) in [5.74, 6) is -8.19. The maximum Gasteiger partial charge on any atom is 0.573 e. The summed E-state index contributed by atoms with van der Waals surface area (Å²) in [6, 6.07) is 16.4. The molecular weight excluding hydrogens is 702 g/mol. The highest BCUT2D eigenvalue weighted by Gasteiger charge is 2.76. The molecule has 1 aromatic heterocycles. The number of phenols is 1. The van der Waals surface area contributed by atoms with Crippen LogP contribution in [0.1, 0.15) is 24.3 Å². The summed E-state index contributed by atoms with van der Waals surface area (Å²) in [6.07, 6.45) is -3.81. The van der Waals surface area contributed by atoms with Gasteiger partial charge in [0, 0.05) is 24.1 Å². The topological polar surface area (TPSA) is 130 Å². The minimum absolute atomic E-state index is 0.00873. The van der Waals surface area contributed by atoms with Gasteiger partial charge in [0.2, 0.25) is 17.7 Å². The standard InChI is InChI=1S/C35H24Cl2F3N3O7/c1-42-31(47)33(36)15-22-19(27(34(33,37)32(42)48)21-14-18(10-13-24(21)44)50-35(38,39)40)11-12-20-26(22)30(46)43(29(20)45)17-8-6-16(7-9-17)28-41-23-4-2-3-5-25(23)49-28/h2-11,13-14,20,22,26-27,44H,12,15H2,1H3/t20-,22+,26-,27+,33+,34-/m0/s1. The van der Waals surface area contributed by atoms with Gasteiger partial charge in [-0.3, -0.25) is 29.0 Å². The number of anilines is 1. The summed E-state index contributed by atoms with van der Waals surface area (Å²) in [6.45, 7) is 0. The van der Waals surface area contributed by atoms with Gasteiger partial charge in [-0.2, -0.15) is 0 Å². The molecule has 256 valence electrons. The lowest BCUT2D eigenvalue weighted by Gasteiger charge is -2.50. The fourth-order valence-electron chi connectivity index (χ4n) is 8.05. The fraction of sp³-hybridized carbons (Fsp3) is 0.286. The number of imide groups is 2. The van der Waals surface area contributed by atoms with Crippen molar-refractivity contribution in [2.75, 3.05) is 11.9 Å². The smallest absolute Gasteiger partial charge is 0.508 e. The summed E-state index contributed by atoms with van der Waals surface area (Å²) in [5, 5.41) is 11.0. The summed E-state index contributed by atoms with van der Waals surface area (Å²) in [7, 11) is 1.18. The predicted molar refractivity (Wildman–Crippen MR) is 172 cm³/mol. The number of allylic oxidation sites excluding steroid dienone is 2. The average molecular weight is 726 g/mol. The Kier molecular flexibility index (Phi) is 6.99. The van der Waals surface area contributed by atoms with E-state index in [1.807, 2.05) is 12.1 Å². The Labute approximate surface area is 291 Å². The molecule has 3 aromatic carbocycles. The first kappa shape index (κ1) is 32.3. The number of para-hydroxylation sites is 2. The molecule has 0 radical (unpaired) electrons. The van der Waals surface area contributed by atoms with Gasteiger partial charge in [-0.05, 0) is 73.4 Å². The van der Waals surface area contributed by atoms with Crippen molar-refractivity contribution in [1.29, 1.82) is 0 Å². The highest BCUT2D eigenvalue weighted by Crippen LogP contribution is 2.66. The second kappa shape index (κ2) is 10.8. The van der Waals surface area contributed by atoms with Crippen molar-refractivity contribution in [3.63, 3.8) is 0 Å². The van der Waals surface area contributed by atoms with Gasteiger partial charge in [0.05, 0.1) is 17.5 Å². The number of oxazole rings is 1. The van der Waals surface area contributed by atoms with Crippen LogP contribution in [0.15, 0.2) is 82.8 Å². The number of likely N-dealkylation sites (tertiary alicyclic amines) is 1. The van der Waals surface area contributed by atoms with Crippen LogP contribution in [-0.4, -0.2) is 61.8 Å². The van der Waals surface area contributed by atoms with E-state index < -0.39 is 74.9 Å². The number of halogens is 5. The second-order valence-electron chi connectivity index (χ2n) is 12.8. The third-order valence-electron chi connectivity index (χ3n) is 10.2. The summed E-state index contributed by atoms with van der Waals surface area (Å²) in [5.41, 5.74) is 2.16. The van der Waals surface area contributed by atoms with Crippen molar-refractivity contribution in [3.05, 3.63) is 83.9 Å². The van der Waals surface area contributed by atoms with Crippen molar-refractivity contribution >= 4 is 63.6 Å². The van der Waals surface area contributed by atoms with Gasteiger partial charge >= 0.3 is 6.36 Å². The molecule has 1 N–H and O–H groups in total. The van der Waals surface area contributed by atoms with E-state index in [0.29, 0.717) is 28.1 Å². The molecule has 0 unspecified atom stereocenters. The number of hydrogen-bond acceptors (Lipinski definition) is 8. The SMILES string of the molecule is CN1C(=O)[C@]2(Cl)C[C@@H]3C(=CC[C@@H]4C(=O)N(c5ccc(-c6nc7ccccc7o6)cc5)C(=O)[C@@H]43)[C@H](c3cc(OC(F)(F)F)ccc3O)[C@]2(Cl)C1=O. The van der Waals surface area contributed by atoms with Gasteiger partial charge in [-0.15, -0.1) is 36.4 Å². The molecule has 2 aliphatic heterocycles. The molecule has 4 aromatic rings. The van der Waals surface area contributed by atoms with Gasteiger partial charge in [-0.25, -0.2) is 4.98 Å². The number of benzene rings is 3. The predicted octanol–water partition coefficient (Wildman–Crippen LogP) is 6.29. The zero-order valence-corrected chi connectivity index (χ0v) is 27.3. The maximum atomic E-state index is 14.3. The molecule has 3 fully saturated rings. The number of aromatic nitrogens is 1. The second-order valence-corrected chi connectivity index (χ2v) is 14.1. The molecule has 1 saturated carbocycles. The molecule has 4 amide bonds. The van der Waals surface area contributed by atoms with Crippen LogP contribution in [0.3, 0.4) is 0 Å². The molecule has 6 atom stereocenters. The van der Waals surface area contributed by atoms with Crippen LogP contribution in [0.25, 0.3) is 22.6 Å². The van der Waals surface area contributed by atoms with Gasteiger partial charge in [0.15, 0.2) is 15.3 Å². The first-order valence-electron chi connectivity index (χ1n) is 15.5. The van der Waals surface area contributed by atoms with Gasteiger partial charge < -0.3 is 14.3 Å². The van der Waals surface area contributed by atoms with Crippen molar-refractivity contribution in [2.45, 2.75) is 34.9 Å². The normalized spacial score (nSPS) is 29.3. The van der Waals surface area contributed by atoms with Crippen molar-refractivity contribution < 1.29 is 46.6 Å². The number of alkyl halides is 5. The summed E-state index contributed by atoms with van der Waals surface area (Å²) < 4.78 is 49.6. The van der Waals surface area contributed by atoms with Gasteiger partial charge in [0.25, 0.3) is 11.8 Å². The van der Waals surface area contributed by atoms with Crippen molar-refractivity contribution in [3.8, 4) is 23.0 Å². The van der Waals surface area contributed by atoms with Crippen molar-refractivity contribution in [2.24, 2.45) is 17.8 Å². The molecule has 4 aliphatic rings. The van der Waals surface area contributed by atoms with Crippen molar-refractivity contribution in [1.82, 2.24) is 9.88 Å². The number of carbonyl (C=O) groups excluding carboxylic acids is 4. The van der Waals surface area contributed by atoms with Gasteiger partial charge in [0.1, 0.15) is 17.0 Å². The first-order valence-corrected chi connectivity index (χ1v) is 16.2. The minimum Gasteiger partial charge on any atom is -0.508 e. The Balaban J connectivity index is 1.19. The van der Waals surface area contributed by atoms with E-state index in [2.05, 4.69) is 9.72 Å². The van der Waals surface area contributed by atoms with Crippen LogP contribution in [0, 0.1) is 17.8 Å². The van der Waals surface area contributed by atoms with E-state index >= 15 is 0 Å². The minimum atomic E-state index is -5.09. The van der Waals surface area contributed by atoms with E-state index in [1.165, 1.54) is 7.05 Å². The highest BCUT2D eigenvalue weighted by molar-refractivity contribution is 6.53. The van der Waals surface area contributed by atoms with Gasteiger partial charge in [-0.1, -0.05) is 23.8 Å². The van der Waals surface area contributed by atoms with Crippen LogP contribution in [0.2, 0.25) is 0 Å². The number of hydrogen-bond donors (Lipinski definition) is 1. The highest BCUT2D eigenvalue weighted by atomic mass is 35.5. The Bertz CT molecular complexity index is 2150. The van der Waals surface area contributed by atoms with E-state index in [-0.39, 0.29) is 24.1 Å². The van der Waals surface area contributed by atoms with E-state index in [9.17, 15) is 37.5 Å². The number of carbonyl (C=O) groups is 4. The number of nitrogens with zero attached hydrogens (tertiary/aromatic N) is 3.